The minimum atomic E-state index is -0.890. The summed E-state index contributed by atoms with van der Waals surface area (Å²) < 4.78 is 5.33. The van der Waals surface area contributed by atoms with Gasteiger partial charge < -0.3 is 20.3 Å². The van der Waals surface area contributed by atoms with Crippen molar-refractivity contribution in [2.24, 2.45) is 5.92 Å². The van der Waals surface area contributed by atoms with Crippen LogP contribution in [0.15, 0.2) is 36.4 Å². The van der Waals surface area contributed by atoms with Crippen LogP contribution >= 0.6 is 0 Å². The third-order valence-electron chi connectivity index (χ3n) is 6.81. The summed E-state index contributed by atoms with van der Waals surface area (Å²) in [6.45, 7) is 19.2. The molecule has 0 aliphatic heterocycles. The summed E-state index contributed by atoms with van der Waals surface area (Å²) >= 11 is 0. The molecule has 0 fully saturated rings. The number of hydrogen-bond acceptors (Lipinski definition) is 4. The molecular weight excluding hydrogens is 490 g/mol. The molecule has 0 aliphatic rings. The average molecular weight is 538 g/mol. The molecule has 2 N–H and O–H groups in total. The zero-order valence-corrected chi connectivity index (χ0v) is 25.4. The minimum absolute atomic E-state index is 0.254. The zero-order chi connectivity index (χ0) is 29.5. The highest BCUT2D eigenvalue weighted by Gasteiger charge is 2.35. The molecule has 2 aromatic carbocycles. The molecule has 2 unspecified atom stereocenters. The number of alkyl carbamates (subject to hydrolysis) is 1. The molecule has 3 amide bonds. The Bertz CT molecular complexity index is 1150. The van der Waals surface area contributed by atoms with Crippen molar-refractivity contribution in [1.29, 1.82) is 0 Å². The summed E-state index contributed by atoms with van der Waals surface area (Å²) in [5.41, 5.74) is 4.80. The van der Waals surface area contributed by atoms with Gasteiger partial charge in [-0.15, -0.1) is 0 Å². The topological polar surface area (TPSA) is 87.7 Å². The van der Waals surface area contributed by atoms with Gasteiger partial charge in [-0.05, 0) is 102 Å². The van der Waals surface area contributed by atoms with E-state index >= 15 is 0 Å². The van der Waals surface area contributed by atoms with Crippen LogP contribution in [0.2, 0.25) is 0 Å². The molecule has 0 bridgehead atoms. The van der Waals surface area contributed by atoms with E-state index in [4.69, 9.17) is 4.74 Å². The minimum Gasteiger partial charge on any atom is -0.444 e. The summed E-state index contributed by atoms with van der Waals surface area (Å²) in [4.78, 5) is 41.9. The van der Waals surface area contributed by atoms with Gasteiger partial charge >= 0.3 is 6.09 Å². The van der Waals surface area contributed by atoms with E-state index in [1.165, 1.54) is 0 Å². The number of para-hydroxylation sites is 1. The normalized spacial score (nSPS) is 13.0. The number of anilines is 1. The molecule has 0 radical (unpaired) electrons. The van der Waals surface area contributed by atoms with Crippen LogP contribution in [0.5, 0.6) is 0 Å². The molecule has 7 nitrogen and oxygen atoms in total. The largest absolute Gasteiger partial charge is 0.444 e. The summed E-state index contributed by atoms with van der Waals surface area (Å²) in [6, 6.07) is 10.6. The molecule has 2 aromatic rings. The van der Waals surface area contributed by atoms with Crippen LogP contribution in [-0.4, -0.2) is 41.0 Å². The van der Waals surface area contributed by atoms with E-state index < -0.39 is 17.7 Å². The van der Waals surface area contributed by atoms with Gasteiger partial charge in [-0.2, -0.15) is 0 Å². The van der Waals surface area contributed by atoms with E-state index in [0.29, 0.717) is 12.3 Å². The number of benzene rings is 2. The maximum Gasteiger partial charge on any atom is 0.408 e. The number of ether oxygens (including phenoxy) is 1. The SMILES string of the molecule is Cc1ccc(C(C(=O)Nc2c(C)cccc2C)N(C(=O)CNC(=O)OC(C)(C)C)C(C)CCC(C)C)cc1C. The smallest absolute Gasteiger partial charge is 0.408 e. The second-order valence-corrected chi connectivity index (χ2v) is 12.0. The number of hydrogen-bond donors (Lipinski definition) is 2. The summed E-state index contributed by atoms with van der Waals surface area (Å²) in [7, 11) is 0. The van der Waals surface area contributed by atoms with Gasteiger partial charge in [0.05, 0.1) is 0 Å². The van der Waals surface area contributed by atoms with Crippen molar-refractivity contribution in [3.63, 3.8) is 0 Å². The van der Waals surface area contributed by atoms with E-state index in [-0.39, 0.29) is 24.4 Å². The number of aryl methyl sites for hydroxylation is 4. The Morgan fingerprint density at radius 1 is 0.872 bits per heavy atom. The number of rotatable bonds is 10. The third kappa shape index (κ3) is 9.41. The molecule has 0 saturated heterocycles. The Morgan fingerprint density at radius 3 is 2.03 bits per heavy atom. The first-order chi connectivity index (χ1) is 18.1. The Labute approximate surface area is 234 Å². The van der Waals surface area contributed by atoms with Crippen LogP contribution in [0.4, 0.5) is 10.5 Å². The van der Waals surface area contributed by atoms with Gasteiger partial charge in [-0.3, -0.25) is 9.59 Å². The van der Waals surface area contributed by atoms with Gasteiger partial charge in [-0.1, -0.05) is 50.2 Å². The van der Waals surface area contributed by atoms with Crippen molar-refractivity contribution >= 4 is 23.6 Å². The van der Waals surface area contributed by atoms with Crippen molar-refractivity contribution in [3.8, 4) is 0 Å². The van der Waals surface area contributed by atoms with E-state index in [1.54, 1.807) is 25.7 Å². The van der Waals surface area contributed by atoms with Crippen LogP contribution in [0.25, 0.3) is 0 Å². The molecule has 7 heteroatoms. The average Bonchev–Trinajstić information content (AvgIpc) is 2.82. The Morgan fingerprint density at radius 2 is 1.49 bits per heavy atom. The summed E-state index contributed by atoms with van der Waals surface area (Å²) in [5.74, 6) is -0.206. The van der Waals surface area contributed by atoms with Crippen molar-refractivity contribution in [2.45, 2.75) is 99.8 Å². The van der Waals surface area contributed by atoms with Crippen LogP contribution in [0.1, 0.15) is 88.2 Å². The lowest BCUT2D eigenvalue weighted by molar-refractivity contribution is -0.140. The molecule has 0 saturated carbocycles. The van der Waals surface area contributed by atoms with Crippen molar-refractivity contribution in [3.05, 3.63) is 64.2 Å². The second-order valence-electron chi connectivity index (χ2n) is 12.0. The summed E-state index contributed by atoms with van der Waals surface area (Å²) in [5, 5.41) is 5.71. The molecular formula is C32H47N3O4. The van der Waals surface area contributed by atoms with E-state index in [2.05, 4.69) is 24.5 Å². The number of nitrogens with zero attached hydrogens (tertiary/aromatic N) is 1. The number of nitrogens with one attached hydrogen (secondary N) is 2. The first-order valence-corrected chi connectivity index (χ1v) is 13.8. The van der Waals surface area contributed by atoms with Crippen molar-refractivity contribution in [1.82, 2.24) is 10.2 Å². The third-order valence-corrected chi connectivity index (χ3v) is 6.81. The molecule has 0 aliphatic carbocycles. The Hall–Kier alpha value is -3.35. The first-order valence-electron chi connectivity index (χ1n) is 13.8. The van der Waals surface area contributed by atoms with Gasteiger partial charge in [0.1, 0.15) is 18.2 Å². The monoisotopic (exact) mass is 537 g/mol. The van der Waals surface area contributed by atoms with Gasteiger partial charge in [0.25, 0.3) is 5.91 Å². The number of carbonyl (C=O) groups excluding carboxylic acids is 3. The summed E-state index contributed by atoms with van der Waals surface area (Å²) in [6.07, 6.45) is 0.935. The molecule has 0 aromatic heterocycles. The van der Waals surface area contributed by atoms with E-state index in [1.807, 2.05) is 71.0 Å². The molecule has 2 atom stereocenters. The van der Waals surface area contributed by atoms with Crippen molar-refractivity contribution in [2.75, 3.05) is 11.9 Å². The number of carbonyl (C=O) groups is 3. The fraction of sp³-hybridized carbons (Fsp3) is 0.531. The highest BCUT2D eigenvalue weighted by atomic mass is 16.6. The molecule has 39 heavy (non-hydrogen) atoms. The lowest BCUT2D eigenvalue weighted by Gasteiger charge is -2.37. The maximum atomic E-state index is 14.1. The van der Waals surface area contributed by atoms with Crippen molar-refractivity contribution < 1.29 is 19.1 Å². The highest BCUT2D eigenvalue weighted by molar-refractivity contribution is 5.99. The van der Waals surface area contributed by atoms with Gasteiger partial charge in [0.2, 0.25) is 5.91 Å². The maximum absolute atomic E-state index is 14.1. The quantitative estimate of drug-likeness (QED) is 0.350. The Balaban J connectivity index is 2.54. The fourth-order valence-corrected chi connectivity index (χ4v) is 4.49. The lowest BCUT2D eigenvalue weighted by atomic mass is 9.95. The lowest BCUT2D eigenvalue weighted by Crippen LogP contribution is -2.50. The fourth-order valence-electron chi connectivity index (χ4n) is 4.49. The van der Waals surface area contributed by atoms with E-state index in [0.717, 1.165) is 39.9 Å². The van der Waals surface area contributed by atoms with Crippen LogP contribution < -0.4 is 10.6 Å². The van der Waals surface area contributed by atoms with E-state index in [9.17, 15) is 14.4 Å². The Kier molecular flexibility index (Phi) is 11.1. The second kappa shape index (κ2) is 13.6. The molecule has 0 spiro atoms. The standard InChI is InChI=1S/C32H47N3O4/c1-20(2)14-16-25(7)35(27(36)19-33-31(38)39-32(8,9)10)29(26-17-15-21(3)24(6)18-26)30(37)34-28-22(4)12-11-13-23(28)5/h11-13,15,17-18,20,25,29H,14,16,19H2,1-10H3,(H,33,38)(H,34,37). The van der Waals surface area contributed by atoms with Gasteiger partial charge in [0.15, 0.2) is 0 Å². The van der Waals surface area contributed by atoms with Crippen LogP contribution in [0.3, 0.4) is 0 Å². The van der Waals surface area contributed by atoms with Crippen LogP contribution in [0, 0.1) is 33.6 Å². The molecule has 214 valence electrons. The highest BCUT2D eigenvalue weighted by Crippen LogP contribution is 2.30. The zero-order valence-electron chi connectivity index (χ0n) is 25.4. The van der Waals surface area contributed by atoms with Crippen LogP contribution in [-0.2, 0) is 14.3 Å². The number of amides is 3. The van der Waals surface area contributed by atoms with Gasteiger partial charge in [-0.25, -0.2) is 4.79 Å². The molecule has 0 heterocycles. The molecule has 2 rings (SSSR count). The predicted octanol–water partition coefficient (Wildman–Crippen LogP) is 6.78. The first kappa shape index (κ1) is 31.9. The predicted molar refractivity (Wildman–Crippen MR) is 158 cm³/mol. The van der Waals surface area contributed by atoms with Gasteiger partial charge in [0, 0.05) is 11.7 Å².